The Morgan fingerprint density at radius 2 is 2.08 bits per heavy atom. The summed E-state index contributed by atoms with van der Waals surface area (Å²) in [5.74, 6) is 0. The van der Waals surface area contributed by atoms with Crippen molar-refractivity contribution in [1.82, 2.24) is 9.88 Å². The average molecular weight is 369 g/mol. The van der Waals surface area contributed by atoms with Crippen LogP contribution in [0.1, 0.15) is 42.2 Å². The molecular weight excluding hydrogens is 347 g/mol. The number of alkyl halides is 3. The lowest BCUT2D eigenvalue weighted by molar-refractivity contribution is -0.137. The fourth-order valence-corrected chi connectivity index (χ4v) is 4.42. The molecule has 25 heavy (non-hydrogen) atoms. The van der Waals surface area contributed by atoms with Gasteiger partial charge in [-0.1, -0.05) is 6.92 Å². The van der Waals surface area contributed by atoms with Gasteiger partial charge in [0.1, 0.15) is 0 Å². The van der Waals surface area contributed by atoms with E-state index in [1.54, 1.807) is 13.0 Å². The van der Waals surface area contributed by atoms with Gasteiger partial charge in [-0.2, -0.15) is 13.2 Å². The minimum atomic E-state index is -4.37. The van der Waals surface area contributed by atoms with Crippen LogP contribution < -0.4 is 5.73 Å². The first-order valence-corrected chi connectivity index (χ1v) is 9.28. The Morgan fingerprint density at radius 1 is 1.32 bits per heavy atom. The Kier molecular flexibility index (Phi) is 5.06. The van der Waals surface area contributed by atoms with Gasteiger partial charge in [0, 0.05) is 23.0 Å². The predicted molar refractivity (Wildman–Crippen MR) is 95.4 cm³/mol. The lowest BCUT2D eigenvalue weighted by Crippen LogP contribution is -2.28. The molecule has 1 aliphatic heterocycles. The highest BCUT2D eigenvalue weighted by Crippen LogP contribution is 2.37. The topological polar surface area (TPSA) is 42.1 Å². The second kappa shape index (κ2) is 6.96. The number of aromatic nitrogens is 1. The fraction of sp³-hybridized carbons (Fsp3) is 0.500. The van der Waals surface area contributed by atoms with Gasteiger partial charge in [0.25, 0.3) is 0 Å². The summed E-state index contributed by atoms with van der Waals surface area (Å²) in [6.45, 7) is 5.54. The van der Waals surface area contributed by atoms with Crippen molar-refractivity contribution in [1.29, 1.82) is 0 Å². The van der Waals surface area contributed by atoms with Crippen LogP contribution in [0.25, 0.3) is 11.3 Å². The van der Waals surface area contributed by atoms with Crippen LogP contribution in [0.15, 0.2) is 18.2 Å². The van der Waals surface area contributed by atoms with Crippen LogP contribution in [0.2, 0.25) is 0 Å². The number of nitrogens with zero attached hydrogens (tertiary/aromatic N) is 2. The molecule has 2 heterocycles. The summed E-state index contributed by atoms with van der Waals surface area (Å²) < 4.78 is 39.4. The second-order valence-corrected chi connectivity index (χ2v) is 7.70. The molecule has 1 fully saturated rings. The lowest BCUT2D eigenvalue weighted by Gasteiger charge is -2.23. The molecule has 1 aromatic heterocycles. The molecule has 0 unspecified atom stereocenters. The van der Waals surface area contributed by atoms with Gasteiger partial charge in [-0.05, 0) is 56.5 Å². The number of nitrogens with two attached hydrogens (primary N) is 1. The molecule has 1 aromatic carbocycles. The van der Waals surface area contributed by atoms with Gasteiger partial charge in [0.2, 0.25) is 0 Å². The Morgan fingerprint density at radius 3 is 2.76 bits per heavy atom. The predicted octanol–water partition coefficient (Wildman–Crippen LogP) is 5.09. The summed E-state index contributed by atoms with van der Waals surface area (Å²) >= 11 is 1.37. The van der Waals surface area contributed by atoms with E-state index in [9.17, 15) is 13.2 Å². The zero-order valence-corrected chi connectivity index (χ0v) is 15.2. The van der Waals surface area contributed by atoms with E-state index in [4.69, 9.17) is 5.73 Å². The van der Waals surface area contributed by atoms with Crippen molar-refractivity contribution in [3.63, 3.8) is 0 Å². The number of hydrogen-bond acceptors (Lipinski definition) is 4. The van der Waals surface area contributed by atoms with Crippen LogP contribution in [0.4, 0.5) is 18.3 Å². The Hall–Kier alpha value is -1.60. The summed E-state index contributed by atoms with van der Waals surface area (Å²) in [6, 6.07) is 4.60. The molecule has 7 heteroatoms. The molecule has 0 aliphatic carbocycles. The van der Waals surface area contributed by atoms with E-state index in [-0.39, 0.29) is 0 Å². The minimum absolute atomic E-state index is 0.396. The first-order valence-electron chi connectivity index (χ1n) is 8.46. The van der Waals surface area contributed by atoms with Gasteiger partial charge in [-0.3, -0.25) is 4.90 Å². The van der Waals surface area contributed by atoms with Crippen LogP contribution in [-0.4, -0.2) is 22.5 Å². The van der Waals surface area contributed by atoms with Gasteiger partial charge in [-0.25, -0.2) is 4.98 Å². The molecular formula is C18H22F3N3S. The quantitative estimate of drug-likeness (QED) is 0.816. The highest BCUT2D eigenvalue weighted by molar-refractivity contribution is 7.15. The van der Waals surface area contributed by atoms with E-state index < -0.39 is 11.7 Å². The molecule has 3 nitrogen and oxygen atoms in total. The third-order valence-corrected chi connectivity index (χ3v) is 5.58. The number of nitrogen functional groups attached to an aromatic ring is 1. The number of halogens is 3. The standard InChI is InChI=1S/C18H22F3N3S/c1-3-14-5-4-6-24(14)10-15-16(23-17(22)25-15)12-7-11(2)8-13(9-12)18(19,20)21/h7-9,14H,3-6,10H2,1-2H3,(H2,22,23)/t14-/m1/s1. The van der Waals surface area contributed by atoms with Crippen LogP contribution in [0.5, 0.6) is 0 Å². The second-order valence-electron chi connectivity index (χ2n) is 6.58. The van der Waals surface area contributed by atoms with Gasteiger partial charge in [0.05, 0.1) is 11.3 Å². The largest absolute Gasteiger partial charge is 0.416 e. The number of hydrogen-bond donors (Lipinski definition) is 1. The summed E-state index contributed by atoms with van der Waals surface area (Å²) in [5.41, 5.74) is 6.88. The third-order valence-electron chi connectivity index (χ3n) is 4.71. The number of likely N-dealkylation sites (tertiary alicyclic amines) is 1. The maximum atomic E-state index is 13.1. The van der Waals surface area contributed by atoms with Crippen molar-refractivity contribution < 1.29 is 13.2 Å². The van der Waals surface area contributed by atoms with E-state index in [1.165, 1.54) is 23.8 Å². The van der Waals surface area contributed by atoms with Gasteiger partial charge >= 0.3 is 6.18 Å². The Balaban J connectivity index is 1.97. The summed E-state index contributed by atoms with van der Waals surface area (Å²) in [4.78, 5) is 7.67. The summed E-state index contributed by atoms with van der Waals surface area (Å²) in [6.07, 6.45) is -0.968. The summed E-state index contributed by atoms with van der Waals surface area (Å²) in [7, 11) is 0. The fourth-order valence-electron chi connectivity index (χ4n) is 3.54. The van der Waals surface area contributed by atoms with Crippen molar-refractivity contribution >= 4 is 16.5 Å². The first-order chi connectivity index (χ1) is 11.8. The van der Waals surface area contributed by atoms with E-state index in [0.29, 0.717) is 34.5 Å². The SMILES string of the molecule is CC[C@@H]1CCCN1Cc1sc(N)nc1-c1cc(C)cc(C(F)(F)F)c1. The van der Waals surface area contributed by atoms with Crippen molar-refractivity contribution in [2.75, 3.05) is 12.3 Å². The molecule has 2 N–H and O–H groups in total. The molecule has 0 saturated carbocycles. The highest BCUT2D eigenvalue weighted by atomic mass is 32.1. The Labute approximate surface area is 149 Å². The number of anilines is 1. The zero-order valence-electron chi connectivity index (χ0n) is 14.4. The highest BCUT2D eigenvalue weighted by Gasteiger charge is 2.32. The normalized spacial score (nSPS) is 18.8. The third kappa shape index (κ3) is 3.98. The molecule has 1 atom stereocenters. The molecule has 0 amide bonds. The van der Waals surface area contributed by atoms with E-state index in [2.05, 4.69) is 16.8 Å². The molecule has 136 valence electrons. The smallest absolute Gasteiger partial charge is 0.375 e. The maximum Gasteiger partial charge on any atom is 0.416 e. The van der Waals surface area contributed by atoms with E-state index in [1.807, 2.05) is 0 Å². The van der Waals surface area contributed by atoms with Gasteiger partial charge < -0.3 is 5.73 Å². The van der Waals surface area contributed by atoms with Crippen molar-refractivity contribution in [2.45, 2.75) is 51.9 Å². The van der Waals surface area contributed by atoms with Crippen molar-refractivity contribution in [2.24, 2.45) is 0 Å². The molecule has 2 aromatic rings. The monoisotopic (exact) mass is 369 g/mol. The molecule has 0 spiro atoms. The van der Waals surface area contributed by atoms with Crippen LogP contribution in [0.3, 0.4) is 0 Å². The number of rotatable bonds is 4. The van der Waals surface area contributed by atoms with Crippen molar-refractivity contribution in [3.8, 4) is 11.3 Å². The molecule has 1 saturated heterocycles. The first kappa shape index (κ1) is 18.2. The minimum Gasteiger partial charge on any atom is -0.375 e. The molecule has 3 rings (SSSR count). The van der Waals surface area contributed by atoms with Gasteiger partial charge in [-0.15, -0.1) is 11.3 Å². The molecule has 1 aliphatic rings. The van der Waals surface area contributed by atoms with E-state index >= 15 is 0 Å². The maximum absolute atomic E-state index is 13.1. The number of aryl methyl sites for hydroxylation is 1. The molecule has 0 bridgehead atoms. The Bertz CT molecular complexity index is 755. The van der Waals surface area contributed by atoms with Crippen LogP contribution in [0, 0.1) is 6.92 Å². The molecule has 0 radical (unpaired) electrons. The van der Waals surface area contributed by atoms with Crippen LogP contribution in [-0.2, 0) is 12.7 Å². The van der Waals surface area contributed by atoms with Crippen LogP contribution >= 0.6 is 11.3 Å². The lowest BCUT2D eigenvalue weighted by atomic mass is 10.0. The van der Waals surface area contributed by atoms with E-state index in [0.717, 1.165) is 30.3 Å². The summed E-state index contributed by atoms with van der Waals surface area (Å²) in [5, 5.41) is 0.396. The van der Waals surface area contributed by atoms with Gasteiger partial charge in [0.15, 0.2) is 5.13 Å². The van der Waals surface area contributed by atoms with Crippen molar-refractivity contribution in [3.05, 3.63) is 34.2 Å². The number of benzene rings is 1. The number of thiazole rings is 1. The average Bonchev–Trinajstić information content (AvgIpc) is 3.12. The zero-order chi connectivity index (χ0) is 18.2.